The molecule has 1 aromatic heterocycles. The van der Waals surface area contributed by atoms with Crippen molar-refractivity contribution in [3.8, 4) is 0 Å². The Morgan fingerprint density at radius 2 is 1.64 bits per heavy atom. The summed E-state index contributed by atoms with van der Waals surface area (Å²) in [6, 6.07) is 14.1. The van der Waals surface area contributed by atoms with Gasteiger partial charge in [0.1, 0.15) is 5.82 Å². The number of anilines is 2. The molecule has 2 amide bonds. The molecule has 0 bridgehead atoms. The van der Waals surface area contributed by atoms with Gasteiger partial charge in [0.2, 0.25) is 0 Å². The van der Waals surface area contributed by atoms with Crippen LogP contribution in [-0.4, -0.2) is 11.8 Å². The second-order valence-corrected chi connectivity index (χ2v) is 5.43. The van der Waals surface area contributed by atoms with E-state index in [0.717, 1.165) is 0 Å². The van der Waals surface area contributed by atoms with Gasteiger partial charge in [0.15, 0.2) is 5.76 Å². The third kappa shape index (κ3) is 3.92. The molecule has 1 heterocycles. The molecular weight excluding hydrogens is 323 g/mol. The molecule has 0 fully saturated rings. The van der Waals surface area contributed by atoms with Gasteiger partial charge in [0, 0.05) is 16.9 Å². The zero-order valence-corrected chi connectivity index (χ0v) is 13.4. The topological polar surface area (TPSA) is 71.3 Å². The second kappa shape index (κ2) is 7.00. The molecule has 25 heavy (non-hydrogen) atoms. The smallest absolute Gasteiger partial charge is 0.291 e. The highest BCUT2D eigenvalue weighted by Gasteiger charge is 2.11. The van der Waals surface area contributed by atoms with Gasteiger partial charge in [-0.1, -0.05) is 12.1 Å². The van der Waals surface area contributed by atoms with Crippen LogP contribution >= 0.6 is 0 Å². The van der Waals surface area contributed by atoms with E-state index in [1.54, 1.807) is 55.5 Å². The molecule has 0 saturated carbocycles. The molecule has 0 aliphatic carbocycles. The van der Waals surface area contributed by atoms with Crippen LogP contribution in [0.2, 0.25) is 0 Å². The van der Waals surface area contributed by atoms with E-state index in [1.807, 2.05) is 0 Å². The monoisotopic (exact) mass is 338 g/mol. The maximum absolute atomic E-state index is 13.6. The van der Waals surface area contributed by atoms with Crippen molar-refractivity contribution < 1.29 is 18.4 Å². The van der Waals surface area contributed by atoms with Crippen LogP contribution in [0.1, 0.15) is 26.5 Å². The Morgan fingerprint density at radius 3 is 2.28 bits per heavy atom. The molecule has 5 nitrogen and oxygen atoms in total. The van der Waals surface area contributed by atoms with Crippen molar-refractivity contribution in [2.45, 2.75) is 6.92 Å². The number of hydrogen-bond acceptors (Lipinski definition) is 3. The van der Waals surface area contributed by atoms with E-state index in [0.29, 0.717) is 16.9 Å². The summed E-state index contributed by atoms with van der Waals surface area (Å²) in [4.78, 5) is 24.2. The fourth-order valence-corrected chi connectivity index (χ4v) is 2.21. The van der Waals surface area contributed by atoms with Crippen molar-refractivity contribution in [1.29, 1.82) is 0 Å². The molecule has 2 aromatic carbocycles. The van der Waals surface area contributed by atoms with Crippen molar-refractivity contribution in [1.82, 2.24) is 0 Å². The summed E-state index contributed by atoms with van der Waals surface area (Å²) in [5.41, 5.74) is 1.66. The van der Waals surface area contributed by atoms with Gasteiger partial charge in [-0.15, -0.1) is 0 Å². The molecular formula is C19H15FN2O3. The molecule has 0 aliphatic rings. The van der Waals surface area contributed by atoms with Crippen molar-refractivity contribution in [3.63, 3.8) is 0 Å². The maximum atomic E-state index is 13.6. The lowest BCUT2D eigenvalue weighted by atomic mass is 10.1. The first-order valence-corrected chi connectivity index (χ1v) is 7.55. The Kier molecular flexibility index (Phi) is 4.61. The molecule has 0 unspecified atom stereocenters. The number of amides is 2. The number of carbonyl (C=O) groups is 2. The van der Waals surface area contributed by atoms with E-state index in [1.165, 1.54) is 12.3 Å². The molecule has 0 aliphatic heterocycles. The lowest BCUT2D eigenvalue weighted by Gasteiger charge is -2.09. The predicted octanol–water partition coefficient (Wildman–Crippen LogP) is 4.23. The molecule has 0 saturated heterocycles. The molecule has 6 heteroatoms. The fraction of sp³-hybridized carbons (Fsp3) is 0.0526. The second-order valence-electron chi connectivity index (χ2n) is 5.43. The molecule has 0 spiro atoms. The van der Waals surface area contributed by atoms with Crippen molar-refractivity contribution in [3.05, 3.63) is 83.6 Å². The SMILES string of the molecule is Cc1ccc(C(=O)Nc2cccc(NC(=O)c3ccco3)c2)cc1F. The Bertz CT molecular complexity index is 920. The number of halogens is 1. The van der Waals surface area contributed by atoms with Crippen molar-refractivity contribution >= 4 is 23.2 Å². The highest BCUT2D eigenvalue weighted by Crippen LogP contribution is 2.18. The highest BCUT2D eigenvalue weighted by molar-refractivity contribution is 6.05. The van der Waals surface area contributed by atoms with Crippen LogP contribution in [0.4, 0.5) is 15.8 Å². The average molecular weight is 338 g/mol. The van der Waals surface area contributed by atoms with Crippen LogP contribution in [0.3, 0.4) is 0 Å². The van der Waals surface area contributed by atoms with Crippen LogP contribution in [0.25, 0.3) is 0 Å². The van der Waals surface area contributed by atoms with Gasteiger partial charge < -0.3 is 15.1 Å². The minimum absolute atomic E-state index is 0.185. The Hall–Kier alpha value is -3.41. The van der Waals surface area contributed by atoms with E-state index in [2.05, 4.69) is 10.6 Å². The van der Waals surface area contributed by atoms with Gasteiger partial charge in [-0.2, -0.15) is 0 Å². The molecule has 0 atom stereocenters. The molecule has 126 valence electrons. The number of nitrogens with one attached hydrogen (secondary N) is 2. The highest BCUT2D eigenvalue weighted by atomic mass is 19.1. The van der Waals surface area contributed by atoms with Gasteiger partial charge in [-0.3, -0.25) is 9.59 Å². The van der Waals surface area contributed by atoms with E-state index >= 15 is 0 Å². The summed E-state index contributed by atoms with van der Waals surface area (Å²) < 4.78 is 18.6. The first-order valence-electron chi connectivity index (χ1n) is 7.55. The van der Waals surface area contributed by atoms with Gasteiger partial charge >= 0.3 is 0 Å². The standard InChI is InChI=1S/C19H15FN2O3/c1-12-7-8-13(10-16(12)20)18(23)21-14-4-2-5-15(11-14)22-19(24)17-6-3-9-25-17/h2-11H,1H3,(H,21,23)(H,22,24). The largest absolute Gasteiger partial charge is 0.459 e. The fourth-order valence-electron chi connectivity index (χ4n) is 2.21. The Morgan fingerprint density at radius 1 is 0.920 bits per heavy atom. The molecule has 2 N–H and O–H groups in total. The zero-order chi connectivity index (χ0) is 17.8. The summed E-state index contributed by atoms with van der Waals surface area (Å²) in [6.45, 7) is 1.63. The lowest BCUT2D eigenvalue weighted by Crippen LogP contribution is -2.14. The van der Waals surface area contributed by atoms with Crippen LogP contribution in [-0.2, 0) is 0 Å². The predicted molar refractivity (Wildman–Crippen MR) is 92.2 cm³/mol. The van der Waals surface area contributed by atoms with Crippen LogP contribution in [0.5, 0.6) is 0 Å². The third-order valence-electron chi connectivity index (χ3n) is 3.56. The van der Waals surface area contributed by atoms with E-state index in [9.17, 15) is 14.0 Å². The summed E-state index contributed by atoms with van der Waals surface area (Å²) >= 11 is 0. The average Bonchev–Trinajstić information content (AvgIpc) is 3.12. The Balaban J connectivity index is 1.72. The summed E-state index contributed by atoms with van der Waals surface area (Å²) in [5.74, 6) is -1.08. The normalized spacial score (nSPS) is 10.3. The number of rotatable bonds is 4. The van der Waals surface area contributed by atoms with E-state index in [4.69, 9.17) is 4.42 Å². The summed E-state index contributed by atoms with van der Waals surface area (Å²) in [6.07, 6.45) is 1.41. The van der Waals surface area contributed by atoms with E-state index < -0.39 is 17.6 Å². The number of aryl methyl sites for hydroxylation is 1. The zero-order valence-electron chi connectivity index (χ0n) is 13.4. The number of carbonyl (C=O) groups excluding carboxylic acids is 2. The van der Waals surface area contributed by atoms with Crippen LogP contribution in [0.15, 0.2) is 65.3 Å². The van der Waals surface area contributed by atoms with Crippen LogP contribution < -0.4 is 10.6 Å². The molecule has 3 aromatic rings. The number of furan rings is 1. The minimum Gasteiger partial charge on any atom is -0.459 e. The minimum atomic E-state index is -0.438. The van der Waals surface area contributed by atoms with Crippen molar-refractivity contribution in [2.24, 2.45) is 0 Å². The first-order chi connectivity index (χ1) is 12.0. The quantitative estimate of drug-likeness (QED) is 0.748. The first kappa shape index (κ1) is 16.4. The van der Waals surface area contributed by atoms with Gasteiger partial charge in [0.05, 0.1) is 6.26 Å². The van der Waals surface area contributed by atoms with Crippen LogP contribution in [0, 0.1) is 12.7 Å². The van der Waals surface area contributed by atoms with Gasteiger partial charge in [-0.25, -0.2) is 4.39 Å². The van der Waals surface area contributed by atoms with E-state index in [-0.39, 0.29) is 11.3 Å². The van der Waals surface area contributed by atoms with Gasteiger partial charge in [0.25, 0.3) is 11.8 Å². The Labute approximate surface area is 143 Å². The summed E-state index contributed by atoms with van der Waals surface area (Å²) in [7, 11) is 0. The lowest BCUT2D eigenvalue weighted by molar-refractivity contribution is 0.0995. The van der Waals surface area contributed by atoms with Crippen molar-refractivity contribution in [2.75, 3.05) is 10.6 Å². The maximum Gasteiger partial charge on any atom is 0.291 e. The number of hydrogen-bond donors (Lipinski definition) is 2. The number of benzene rings is 2. The summed E-state index contributed by atoms with van der Waals surface area (Å²) in [5, 5.41) is 5.34. The third-order valence-corrected chi connectivity index (χ3v) is 3.56. The van der Waals surface area contributed by atoms with Gasteiger partial charge in [-0.05, 0) is 55.0 Å². The molecule has 3 rings (SSSR count). The molecule has 0 radical (unpaired) electrons.